The monoisotopic (exact) mass is 532 g/mol. The molecule has 1 aliphatic heterocycles. The fourth-order valence-electron chi connectivity index (χ4n) is 4.92. The Labute approximate surface area is 227 Å². The summed E-state index contributed by atoms with van der Waals surface area (Å²) in [6.45, 7) is 5.62. The fraction of sp³-hybridized carbons (Fsp3) is 0.355. The van der Waals surface area contributed by atoms with Gasteiger partial charge in [-0.05, 0) is 81.7 Å². The molecule has 0 aliphatic carbocycles. The number of ketones is 1. The average molecular weight is 533 g/mol. The molecule has 5 rings (SSSR count). The van der Waals surface area contributed by atoms with Crippen LogP contribution in [-0.2, 0) is 11.3 Å². The number of halogens is 1. The third-order valence-electron chi connectivity index (χ3n) is 7.12. The van der Waals surface area contributed by atoms with Crippen LogP contribution in [0.2, 0.25) is 0 Å². The highest BCUT2D eigenvalue weighted by Crippen LogP contribution is 2.32. The first-order valence-corrected chi connectivity index (χ1v) is 13.4. The molecule has 3 aromatic carbocycles. The summed E-state index contributed by atoms with van der Waals surface area (Å²) in [6.07, 6.45) is 2.92. The van der Waals surface area contributed by atoms with E-state index < -0.39 is 0 Å². The summed E-state index contributed by atoms with van der Waals surface area (Å²) in [5, 5.41) is 5.15. The fourth-order valence-corrected chi connectivity index (χ4v) is 4.92. The van der Waals surface area contributed by atoms with Gasteiger partial charge in [0.25, 0.3) is 0 Å². The van der Waals surface area contributed by atoms with Crippen LogP contribution in [0.4, 0.5) is 4.39 Å². The molecule has 0 atom stereocenters. The zero-order valence-electron chi connectivity index (χ0n) is 22.1. The summed E-state index contributed by atoms with van der Waals surface area (Å²) < 4.78 is 36.3. The lowest BCUT2D eigenvalue weighted by molar-refractivity contribution is 0.00968. The molecule has 39 heavy (non-hydrogen) atoms. The van der Waals surface area contributed by atoms with Crippen LogP contribution in [0.3, 0.4) is 0 Å². The number of hydrogen-bond acceptors (Lipinski definition) is 7. The van der Waals surface area contributed by atoms with Crippen LogP contribution in [0.15, 0.2) is 71.3 Å². The van der Waals surface area contributed by atoms with Gasteiger partial charge in [0.1, 0.15) is 23.9 Å². The Kier molecular flexibility index (Phi) is 8.85. The molecular weight excluding hydrogens is 499 g/mol. The number of fused-ring (bicyclic) bond motifs is 1. The first kappa shape index (κ1) is 26.8. The molecule has 204 valence electrons. The summed E-state index contributed by atoms with van der Waals surface area (Å²) in [5.41, 5.74) is 3.04. The number of carbonyl (C=O) groups is 1. The number of hydrogen-bond donors (Lipinski definition) is 0. The van der Waals surface area contributed by atoms with Gasteiger partial charge in [0.15, 0.2) is 18.2 Å². The Bertz CT molecular complexity index is 1380. The summed E-state index contributed by atoms with van der Waals surface area (Å²) in [6, 6.07) is 19.5. The molecule has 7 nitrogen and oxygen atoms in total. The van der Waals surface area contributed by atoms with Crippen molar-refractivity contribution in [3.63, 3.8) is 0 Å². The molecule has 1 aliphatic rings. The van der Waals surface area contributed by atoms with Gasteiger partial charge >= 0.3 is 0 Å². The van der Waals surface area contributed by atoms with Gasteiger partial charge in [-0.1, -0.05) is 23.4 Å². The number of carbonyl (C=O) groups excluding carboxylic acids is 1. The number of ether oxygens (including phenoxy) is 3. The van der Waals surface area contributed by atoms with Crippen LogP contribution in [0.5, 0.6) is 11.5 Å². The minimum absolute atomic E-state index is 0.0290. The first-order chi connectivity index (χ1) is 19.1. The molecule has 8 heteroatoms. The summed E-state index contributed by atoms with van der Waals surface area (Å²) >= 11 is 0. The van der Waals surface area contributed by atoms with Gasteiger partial charge in [0.05, 0.1) is 12.3 Å². The highest BCUT2D eigenvalue weighted by Gasteiger charge is 2.25. The van der Waals surface area contributed by atoms with E-state index in [0.29, 0.717) is 36.0 Å². The zero-order chi connectivity index (χ0) is 27.0. The van der Waals surface area contributed by atoms with Crippen molar-refractivity contribution < 1.29 is 27.9 Å². The van der Waals surface area contributed by atoms with Gasteiger partial charge in [-0.15, -0.1) is 0 Å². The number of Topliss-reactive ketones (excluding diaryl/α,β-unsaturated/α-hetero) is 1. The van der Waals surface area contributed by atoms with Crippen LogP contribution in [0.25, 0.3) is 11.0 Å². The minimum Gasteiger partial charge on any atom is -0.489 e. The Morgan fingerprint density at radius 3 is 2.64 bits per heavy atom. The Balaban J connectivity index is 0.993. The van der Waals surface area contributed by atoms with Crippen molar-refractivity contribution in [1.29, 1.82) is 0 Å². The van der Waals surface area contributed by atoms with Crippen molar-refractivity contribution in [1.82, 2.24) is 10.1 Å². The zero-order valence-corrected chi connectivity index (χ0v) is 22.1. The van der Waals surface area contributed by atoms with Crippen molar-refractivity contribution in [2.75, 3.05) is 33.0 Å². The van der Waals surface area contributed by atoms with Crippen molar-refractivity contribution in [2.45, 2.75) is 38.7 Å². The number of likely N-dealkylation sites (tertiary alicyclic amines) is 1. The van der Waals surface area contributed by atoms with E-state index >= 15 is 0 Å². The molecule has 0 unspecified atom stereocenters. The maximum absolute atomic E-state index is 13.4. The van der Waals surface area contributed by atoms with E-state index in [0.717, 1.165) is 61.3 Å². The molecule has 2 heterocycles. The lowest BCUT2D eigenvalue weighted by Gasteiger charge is -2.31. The van der Waals surface area contributed by atoms with Crippen LogP contribution < -0.4 is 9.47 Å². The Hall–Kier alpha value is -3.75. The van der Waals surface area contributed by atoms with E-state index in [-0.39, 0.29) is 18.4 Å². The number of benzene rings is 3. The smallest absolute Gasteiger partial charge is 0.189 e. The van der Waals surface area contributed by atoms with E-state index in [4.69, 9.17) is 18.7 Å². The predicted molar refractivity (Wildman–Crippen MR) is 146 cm³/mol. The topological polar surface area (TPSA) is 74.0 Å². The van der Waals surface area contributed by atoms with Gasteiger partial charge in [0, 0.05) is 35.0 Å². The molecule has 1 fully saturated rings. The Morgan fingerprint density at radius 2 is 1.85 bits per heavy atom. The van der Waals surface area contributed by atoms with E-state index in [2.05, 4.69) is 10.1 Å². The second-order valence-corrected chi connectivity index (χ2v) is 9.83. The molecule has 0 bridgehead atoms. The van der Waals surface area contributed by atoms with E-state index in [1.165, 1.54) is 12.1 Å². The van der Waals surface area contributed by atoms with Crippen molar-refractivity contribution in [2.24, 2.45) is 0 Å². The minimum atomic E-state index is -0.306. The largest absolute Gasteiger partial charge is 0.489 e. The normalized spacial score (nSPS) is 14.5. The molecule has 0 spiro atoms. The highest BCUT2D eigenvalue weighted by atomic mass is 19.1. The third kappa shape index (κ3) is 7.02. The molecule has 4 aromatic rings. The molecule has 0 N–H and O–H groups in total. The maximum atomic E-state index is 13.4. The highest BCUT2D eigenvalue weighted by molar-refractivity contribution is 5.94. The van der Waals surface area contributed by atoms with Gasteiger partial charge < -0.3 is 23.6 Å². The molecule has 0 radical (unpaired) electrons. The van der Waals surface area contributed by atoms with E-state index in [1.54, 1.807) is 37.3 Å². The number of para-hydroxylation sites is 1. The molecule has 0 amide bonds. The molecule has 1 saturated heterocycles. The average Bonchev–Trinajstić information content (AvgIpc) is 3.38. The molecule has 0 saturated carbocycles. The number of piperidine rings is 1. The van der Waals surface area contributed by atoms with Crippen molar-refractivity contribution in [3.05, 3.63) is 89.4 Å². The van der Waals surface area contributed by atoms with Crippen LogP contribution in [0, 0.1) is 5.82 Å². The van der Waals surface area contributed by atoms with Crippen molar-refractivity contribution >= 4 is 16.8 Å². The SMILES string of the molecule is CC(=O)c1ccc(OCc2ccccc2OCOCCCN2CCC(c3noc4cc(F)ccc34)CC2)cc1. The van der Waals surface area contributed by atoms with E-state index in [9.17, 15) is 9.18 Å². The molecular formula is C31H33FN2O5. The van der Waals surface area contributed by atoms with E-state index in [1.807, 2.05) is 24.3 Å². The standard InChI is InChI=1S/C31H33FN2O5/c1-22(35)23-7-10-27(11-8-23)37-20-25-5-2-3-6-29(25)38-21-36-18-4-15-34-16-13-24(14-17-34)31-28-12-9-26(32)19-30(28)39-33-31/h2-3,5-12,19,24H,4,13-18,20-21H2,1H3. The summed E-state index contributed by atoms with van der Waals surface area (Å²) in [4.78, 5) is 13.9. The van der Waals surface area contributed by atoms with Crippen molar-refractivity contribution in [3.8, 4) is 11.5 Å². The maximum Gasteiger partial charge on any atom is 0.189 e. The second-order valence-electron chi connectivity index (χ2n) is 9.83. The number of aromatic nitrogens is 1. The van der Waals surface area contributed by atoms with Gasteiger partial charge in [-0.25, -0.2) is 4.39 Å². The second kappa shape index (κ2) is 12.9. The van der Waals surface area contributed by atoms with Gasteiger partial charge in [-0.3, -0.25) is 4.79 Å². The van der Waals surface area contributed by atoms with Gasteiger partial charge in [-0.2, -0.15) is 0 Å². The summed E-state index contributed by atoms with van der Waals surface area (Å²) in [5.74, 6) is 1.48. The van der Waals surface area contributed by atoms with Crippen LogP contribution >= 0.6 is 0 Å². The lowest BCUT2D eigenvalue weighted by atomic mass is 9.91. The van der Waals surface area contributed by atoms with Crippen LogP contribution in [0.1, 0.15) is 53.7 Å². The quantitative estimate of drug-likeness (QED) is 0.119. The first-order valence-electron chi connectivity index (χ1n) is 13.4. The number of rotatable bonds is 12. The lowest BCUT2D eigenvalue weighted by Crippen LogP contribution is -2.34. The summed E-state index contributed by atoms with van der Waals surface area (Å²) in [7, 11) is 0. The Morgan fingerprint density at radius 1 is 1.05 bits per heavy atom. The predicted octanol–water partition coefficient (Wildman–Crippen LogP) is 6.37. The molecule has 1 aromatic heterocycles. The number of nitrogens with zero attached hydrogens (tertiary/aromatic N) is 2. The third-order valence-corrected chi connectivity index (χ3v) is 7.12. The van der Waals surface area contributed by atoms with Crippen LogP contribution in [-0.4, -0.2) is 48.9 Å². The van der Waals surface area contributed by atoms with Gasteiger partial charge in [0.2, 0.25) is 0 Å².